The Kier molecular flexibility index (Phi) is 3.20. The largest absolute Gasteiger partial charge is 0.494 e. The summed E-state index contributed by atoms with van der Waals surface area (Å²) in [6, 6.07) is 13.3. The summed E-state index contributed by atoms with van der Waals surface area (Å²) in [6.45, 7) is 2.01. The molecule has 0 saturated heterocycles. The van der Waals surface area contributed by atoms with Gasteiger partial charge in [-0.05, 0) is 31.2 Å². The number of rotatable bonds is 2. The van der Waals surface area contributed by atoms with Crippen molar-refractivity contribution >= 4 is 34.4 Å². The lowest BCUT2D eigenvalue weighted by molar-refractivity contribution is 0.457. The fourth-order valence-electron chi connectivity index (χ4n) is 2.13. The number of aromatic hydroxyl groups is 1. The molecule has 0 radical (unpaired) electrons. The number of hydrogen-bond donors (Lipinski definition) is 2. The summed E-state index contributed by atoms with van der Waals surface area (Å²) in [7, 11) is 0. The van der Waals surface area contributed by atoms with Gasteiger partial charge in [-0.1, -0.05) is 35.4 Å². The molecule has 4 heteroatoms. The van der Waals surface area contributed by atoms with Crippen molar-refractivity contribution in [2.24, 2.45) is 4.99 Å². The summed E-state index contributed by atoms with van der Waals surface area (Å²) in [5.74, 6) is 0.112. The first-order valence-corrected chi connectivity index (χ1v) is 6.63. The number of H-pyrrole nitrogens is 1. The molecule has 1 aromatic heterocycles. The number of hydrogen-bond acceptors (Lipinski definition) is 2. The van der Waals surface area contributed by atoms with Gasteiger partial charge in [-0.3, -0.25) is 4.99 Å². The van der Waals surface area contributed by atoms with Gasteiger partial charge in [-0.25, -0.2) is 0 Å². The number of aromatic nitrogens is 1. The Labute approximate surface area is 121 Å². The van der Waals surface area contributed by atoms with Crippen molar-refractivity contribution < 1.29 is 5.11 Å². The first-order chi connectivity index (χ1) is 9.65. The number of aryl methyl sites for hydroxylation is 1. The first-order valence-electron chi connectivity index (χ1n) is 6.25. The maximum atomic E-state index is 9.99. The minimum absolute atomic E-state index is 0.112. The molecule has 2 aromatic carbocycles. The van der Waals surface area contributed by atoms with Crippen molar-refractivity contribution in [3.63, 3.8) is 0 Å². The Bertz CT molecular complexity index is 805. The number of fused-ring (bicyclic) bond motifs is 1. The lowest BCUT2D eigenvalue weighted by atomic mass is 10.1. The number of nitrogens with one attached hydrogen (secondary N) is 1. The zero-order valence-corrected chi connectivity index (χ0v) is 11.6. The summed E-state index contributed by atoms with van der Waals surface area (Å²) >= 11 is 6.06. The third-order valence-corrected chi connectivity index (χ3v) is 3.48. The van der Waals surface area contributed by atoms with Crippen LogP contribution in [0, 0.1) is 6.92 Å². The van der Waals surface area contributed by atoms with Gasteiger partial charge < -0.3 is 10.1 Å². The van der Waals surface area contributed by atoms with Crippen molar-refractivity contribution in [2.75, 3.05) is 0 Å². The summed E-state index contributed by atoms with van der Waals surface area (Å²) in [5.41, 5.74) is 3.36. The van der Waals surface area contributed by atoms with E-state index in [0.717, 1.165) is 16.5 Å². The van der Waals surface area contributed by atoms with Gasteiger partial charge in [0.1, 0.15) is 0 Å². The number of aromatic amines is 1. The van der Waals surface area contributed by atoms with Crippen LogP contribution in [0.5, 0.6) is 5.88 Å². The van der Waals surface area contributed by atoms with Crippen molar-refractivity contribution in [3.8, 4) is 5.88 Å². The lowest BCUT2D eigenvalue weighted by Gasteiger charge is -1.97. The molecule has 3 aromatic rings. The van der Waals surface area contributed by atoms with Crippen LogP contribution >= 0.6 is 11.6 Å². The number of aliphatic imine (C=N–C) groups is 1. The third-order valence-electron chi connectivity index (χ3n) is 3.16. The minimum atomic E-state index is 0.112. The van der Waals surface area contributed by atoms with E-state index in [1.54, 1.807) is 12.3 Å². The van der Waals surface area contributed by atoms with Crippen molar-refractivity contribution in [2.45, 2.75) is 6.92 Å². The van der Waals surface area contributed by atoms with E-state index < -0.39 is 0 Å². The number of halogens is 1. The monoisotopic (exact) mass is 284 g/mol. The normalized spacial score (nSPS) is 11.5. The molecule has 3 nitrogen and oxygen atoms in total. The highest BCUT2D eigenvalue weighted by molar-refractivity contribution is 6.33. The van der Waals surface area contributed by atoms with Crippen molar-refractivity contribution in [3.05, 3.63) is 58.6 Å². The zero-order valence-electron chi connectivity index (χ0n) is 10.9. The van der Waals surface area contributed by atoms with Crippen LogP contribution in [0.3, 0.4) is 0 Å². The maximum absolute atomic E-state index is 9.99. The van der Waals surface area contributed by atoms with Gasteiger partial charge in [0, 0.05) is 17.1 Å². The van der Waals surface area contributed by atoms with Crippen LogP contribution in [0.25, 0.3) is 10.9 Å². The van der Waals surface area contributed by atoms with Crippen LogP contribution in [0.1, 0.15) is 11.1 Å². The topological polar surface area (TPSA) is 48.4 Å². The van der Waals surface area contributed by atoms with E-state index in [0.29, 0.717) is 16.3 Å². The second kappa shape index (κ2) is 5.02. The Morgan fingerprint density at radius 1 is 1.20 bits per heavy atom. The predicted octanol–water partition coefficient (Wildman–Crippen LogP) is 4.59. The molecule has 0 aliphatic carbocycles. The molecule has 0 unspecified atom stereocenters. The van der Waals surface area contributed by atoms with E-state index >= 15 is 0 Å². The molecule has 0 bridgehead atoms. The van der Waals surface area contributed by atoms with Gasteiger partial charge in [-0.15, -0.1) is 0 Å². The van der Waals surface area contributed by atoms with Gasteiger partial charge in [0.15, 0.2) is 5.88 Å². The molecular weight excluding hydrogens is 272 g/mol. The molecule has 0 saturated carbocycles. The van der Waals surface area contributed by atoms with Crippen LogP contribution in [-0.2, 0) is 0 Å². The number of nitrogens with zero attached hydrogens (tertiary/aromatic N) is 1. The highest BCUT2D eigenvalue weighted by Crippen LogP contribution is 2.28. The van der Waals surface area contributed by atoms with Gasteiger partial charge in [0.05, 0.1) is 16.3 Å². The third kappa shape index (κ3) is 2.28. The Balaban J connectivity index is 2.09. The molecule has 1 heterocycles. The van der Waals surface area contributed by atoms with Crippen LogP contribution in [-0.4, -0.2) is 16.3 Å². The van der Waals surface area contributed by atoms with E-state index in [2.05, 4.69) is 9.98 Å². The molecule has 0 atom stereocenters. The summed E-state index contributed by atoms with van der Waals surface area (Å²) in [5, 5.41) is 11.5. The van der Waals surface area contributed by atoms with Gasteiger partial charge in [-0.2, -0.15) is 0 Å². The van der Waals surface area contributed by atoms with E-state index in [4.69, 9.17) is 11.6 Å². The van der Waals surface area contributed by atoms with E-state index in [1.165, 1.54) is 0 Å². The predicted molar refractivity (Wildman–Crippen MR) is 83.4 cm³/mol. The molecule has 3 rings (SSSR count). The fourth-order valence-corrected chi connectivity index (χ4v) is 2.32. The average molecular weight is 285 g/mol. The first kappa shape index (κ1) is 12.8. The van der Waals surface area contributed by atoms with Crippen LogP contribution in [0.2, 0.25) is 5.02 Å². The number of benzene rings is 2. The smallest absolute Gasteiger partial charge is 0.198 e. The summed E-state index contributed by atoms with van der Waals surface area (Å²) in [4.78, 5) is 7.29. The van der Waals surface area contributed by atoms with E-state index in [1.807, 2.05) is 43.3 Å². The fraction of sp³-hybridized carbons (Fsp3) is 0.0625. The summed E-state index contributed by atoms with van der Waals surface area (Å²) in [6.07, 6.45) is 1.63. The molecule has 100 valence electrons. The van der Waals surface area contributed by atoms with E-state index in [-0.39, 0.29) is 5.88 Å². The Hall–Kier alpha value is -2.26. The quantitative estimate of drug-likeness (QED) is 0.665. The van der Waals surface area contributed by atoms with Gasteiger partial charge in [0.2, 0.25) is 0 Å². The lowest BCUT2D eigenvalue weighted by Crippen LogP contribution is -1.80. The van der Waals surface area contributed by atoms with Crippen LogP contribution in [0.4, 0.5) is 5.69 Å². The maximum Gasteiger partial charge on any atom is 0.198 e. The van der Waals surface area contributed by atoms with Crippen LogP contribution in [0.15, 0.2) is 47.5 Å². The van der Waals surface area contributed by atoms with Gasteiger partial charge >= 0.3 is 0 Å². The Morgan fingerprint density at radius 3 is 2.80 bits per heavy atom. The minimum Gasteiger partial charge on any atom is -0.494 e. The summed E-state index contributed by atoms with van der Waals surface area (Å²) < 4.78 is 0. The molecule has 0 aliphatic rings. The second-order valence-electron chi connectivity index (χ2n) is 4.65. The number of para-hydroxylation sites is 1. The van der Waals surface area contributed by atoms with Crippen LogP contribution < -0.4 is 0 Å². The average Bonchev–Trinajstić information content (AvgIpc) is 2.73. The highest BCUT2D eigenvalue weighted by atomic mass is 35.5. The second-order valence-corrected chi connectivity index (χ2v) is 5.05. The van der Waals surface area contributed by atoms with Crippen molar-refractivity contribution in [1.29, 1.82) is 0 Å². The van der Waals surface area contributed by atoms with Crippen molar-refractivity contribution in [1.82, 2.24) is 4.98 Å². The van der Waals surface area contributed by atoms with E-state index in [9.17, 15) is 5.11 Å². The standard InChI is InChI=1S/C16H13ClN2O/c1-10-6-7-14-11(8-10)12(16(20)19-14)9-18-15-5-3-2-4-13(15)17/h2-9,19-20H,1H3. The molecule has 0 aliphatic heterocycles. The molecule has 0 spiro atoms. The molecule has 20 heavy (non-hydrogen) atoms. The molecule has 0 amide bonds. The molecule has 0 fully saturated rings. The van der Waals surface area contributed by atoms with Gasteiger partial charge in [0.25, 0.3) is 0 Å². The molecular formula is C16H13ClN2O. The zero-order chi connectivity index (χ0) is 14.1. The SMILES string of the molecule is Cc1ccc2[nH]c(O)c(C=Nc3ccccc3Cl)c2c1. The highest BCUT2D eigenvalue weighted by Gasteiger charge is 2.08. The molecule has 2 N–H and O–H groups in total. The Morgan fingerprint density at radius 2 is 2.00 bits per heavy atom.